The molecule has 0 radical (unpaired) electrons. The van der Waals surface area contributed by atoms with E-state index < -0.39 is 0 Å². The molecule has 0 N–H and O–H groups in total. The summed E-state index contributed by atoms with van der Waals surface area (Å²) in [4.78, 5) is 27.5. The number of carbonyl (C=O) groups excluding carboxylic acids is 1. The number of para-hydroxylation sites is 1. The molecule has 2 aromatic heterocycles. The summed E-state index contributed by atoms with van der Waals surface area (Å²) in [6, 6.07) is 13.5. The van der Waals surface area contributed by atoms with Crippen LogP contribution in [0, 0.1) is 0 Å². The number of hydrogen-bond donors (Lipinski definition) is 0. The number of pyridine rings is 1. The Morgan fingerprint density at radius 3 is 2.85 bits per heavy atom. The highest BCUT2D eigenvalue weighted by atomic mass is 16.5. The van der Waals surface area contributed by atoms with Gasteiger partial charge in [-0.15, -0.1) is 0 Å². The van der Waals surface area contributed by atoms with E-state index in [-0.39, 0.29) is 18.6 Å². The van der Waals surface area contributed by atoms with Gasteiger partial charge in [0.25, 0.3) is 5.91 Å². The zero-order chi connectivity index (χ0) is 17.8. The fourth-order valence-electron chi connectivity index (χ4n) is 3.42. The molecule has 0 bridgehead atoms. The summed E-state index contributed by atoms with van der Waals surface area (Å²) in [6.45, 7) is 0.693. The second-order valence-electron chi connectivity index (χ2n) is 6.34. The van der Waals surface area contributed by atoms with Crippen molar-refractivity contribution in [1.29, 1.82) is 0 Å². The summed E-state index contributed by atoms with van der Waals surface area (Å²) in [5, 5.41) is 0.808. The molecule has 3 heterocycles. The van der Waals surface area contributed by atoms with Crippen LogP contribution in [-0.4, -0.2) is 38.9 Å². The molecule has 4 rings (SSSR count). The molecule has 26 heavy (non-hydrogen) atoms. The van der Waals surface area contributed by atoms with Gasteiger partial charge < -0.3 is 9.64 Å². The maximum atomic E-state index is 12.8. The highest BCUT2D eigenvalue weighted by Gasteiger charge is 2.29. The van der Waals surface area contributed by atoms with Crippen LogP contribution in [0.3, 0.4) is 0 Å². The standard InChI is InChI=1S/C20H20N4O2/c25-19(13-26-20-15-7-1-2-8-16(15)22-14-23-20)24-12-6-4-10-18(24)17-9-3-5-11-21-17/h1-3,5,7-9,11,14,18H,4,6,10,12-13H2/t18-/m0/s1. The highest BCUT2D eigenvalue weighted by Crippen LogP contribution is 2.30. The molecule has 0 spiro atoms. The normalized spacial score (nSPS) is 17.2. The highest BCUT2D eigenvalue weighted by molar-refractivity contribution is 5.84. The number of piperidine rings is 1. The molecule has 1 fully saturated rings. The second-order valence-corrected chi connectivity index (χ2v) is 6.34. The van der Waals surface area contributed by atoms with E-state index in [0.717, 1.165) is 42.4 Å². The third kappa shape index (κ3) is 3.35. The Labute approximate surface area is 151 Å². The number of amides is 1. The van der Waals surface area contributed by atoms with Crippen LogP contribution < -0.4 is 4.74 Å². The SMILES string of the molecule is O=C(COc1ncnc2ccccc12)N1CCCC[C@H]1c1ccccn1. The summed E-state index contributed by atoms with van der Waals surface area (Å²) < 4.78 is 5.76. The number of rotatable bonds is 4. The van der Waals surface area contributed by atoms with Crippen LogP contribution in [0.4, 0.5) is 0 Å². The molecule has 1 aliphatic rings. The van der Waals surface area contributed by atoms with Crippen molar-refractivity contribution in [1.82, 2.24) is 19.9 Å². The van der Waals surface area contributed by atoms with Crippen molar-refractivity contribution < 1.29 is 9.53 Å². The fraction of sp³-hybridized carbons (Fsp3) is 0.300. The predicted octanol–water partition coefficient (Wildman–Crippen LogP) is 3.16. The van der Waals surface area contributed by atoms with Crippen LogP contribution >= 0.6 is 0 Å². The van der Waals surface area contributed by atoms with Gasteiger partial charge in [0, 0.05) is 12.7 Å². The van der Waals surface area contributed by atoms with Gasteiger partial charge in [-0.1, -0.05) is 18.2 Å². The molecule has 6 heteroatoms. The maximum absolute atomic E-state index is 12.8. The van der Waals surface area contributed by atoms with Crippen molar-refractivity contribution in [2.45, 2.75) is 25.3 Å². The number of benzene rings is 1. The summed E-state index contributed by atoms with van der Waals surface area (Å²) >= 11 is 0. The number of aromatic nitrogens is 3. The molecule has 132 valence electrons. The van der Waals surface area contributed by atoms with Crippen LogP contribution in [0.1, 0.15) is 31.0 Å². The van der Waals surface area contributed by atoms with Crippen molar-refractivity contribution in [3.05, 3.63) is 60.7 Å². The minimum absolute atomic E-state index is 0.0168. The number of fused-ring (bicyclic) bond motifs is 1. The summed E-state index contributed by atoms with van der Waals surface area (Å²) in [5.41, 5.74) is 1.74. The van der Waals surface area contributed by atoms with Crippen LogP contribution in [0.2, 0.25) is 0 Å². The van der Waals surface area contributed by atoms with Gasteiger partial charge in [-0.05, 0) is 43.5 Å². The topological polar surface area (TPSA) is 68.2 Å². The Morgan fingerprint density at radius 2 is 1.96 bits per heavy atom. The lowest BCUT2D eigenvalue weighted by molar-refractivity contribution is -0.137. The van der Waals surface area contributed by atoms with Gasteiger partial charge >= 0.3 is 0 Å². The quantitative estimate of drug-likeness (QED) is 0.724. The van der Waals surface area contributed by atoms with Gasteiger partial charge in [0.15, 0.2) is 6.61 Å². The molecule has 6 nitrogen and oxygen atoms in total. The van der Waals surface area contributed by atoms with Gasteiger partial charge in [-0.2, -0.15) is 0 Å². The molecule has 1 saturated heterocycles. The Kier molecular flexibility index (Phi) is 4.73. The monoisotopic (exact) mass is 348 g/mol. The minimum Gasteiger partial charge on any atom is -0.467 e. The molecule has 1 atom stereocenters. The van der Waals surface area contributed by atoms with Crippen LogP contribution in [0.15, 0.2) is 55.0 Å². The molecule has 0 saturated carbocycles. The van der Waals surface area contributed by atoms with E-state index in [1.807, 2.05) is 47.4 Å². The summed E-state index contributed by atoms with van der Waals surface area (Å²) in [7, 11) is 0. The lowest BCUT2D eigenvalue weighted by atomic mass is 9.99. The smallest absolute Gasteiger partial charge is 0.261 e. The first-order valence-electron chi connectivity index (χ1n) is 8.86. The van der Waals surface area contributed by atoms with Crippen molar-refractivity contribution in [3.63, 3.8) is 0 Å². The van der Waals surface area contributed by atoms with E-state index in [9.17, 15) is 4.79 Å². The predicted molar refractivity (Wildman–Crippen MR) is 97.6 cm³/mol. The maximum Gasteiger partial charge on any atom is 0.261 e. The van der Waals surface area contributed by atoms with Gasteiger partial charge in [-0.3, -0.25) is 9.78 Å². The number of ether oxygens (including phenoxy) is 1. The molecule has 1 aromatic carbocycles. The van der Waals surface area contributed by atoms with Gasteiger partial charge in [0.2, 0.25) is 5.88 Å². The van der Waals surface area contributed by atoms with E-state index >= 15 is 0 Å². The van der Waals surface area contributed by atoms with E-state index in [4.69, 9.17) is 4.74 Å². The van der Waals surface area contributed by atoms with Crippen molar-refractivity contribution in [3.8, 4) is 5.88 Å². The Balaban J connectivity index is 1.50. The Hall–Kier alpha value is -3.02. The first-order valence-corrected chi connectivity index (χ1v) is 8.86. The van der Waals surface area contributed by atoms with E-state index in [1.54, 1.807) is 6.20 Å². The number of likely N-dealkylation sites (tertiary alicyclic amines) is 1. The fourth-order valence-corrected chi connectivity index (χ4v) is 3.42. The van der Waals surface area contributed by atoms with Gasteiger partial charge in [-0.25, -0.2) is 9.97 Å². The largest absolute Gasteiger partial charge is 0.467 e. The van der Waals surface area contributed by atoms with E-state index in [1.165, 1.54) is 6.33 Å². The molecular weight excluding hydrogens is 328 g/mol. The first kappa shape index (κ1) is 16.4. The molecule has 0 unspecified atom stereocenters. The summed E-state index contributed by atoms with van der Waals surface area (Å²) in [5.74, 6) is 0.401. The number of nitrogens with zero attached hydrogens (tertiary/aromatic N) is 4. The molecular formula is C20H20N4O2. The van der Waals surface area contributed by atoms with Crippen LogP contribution in [0.25, 0.3) is 10.9 Å². The third-order valence-corrected chi connectivity index (χ3v) is 4.69. The Bertz CT molecular complexity index is 895. The minimum atomic E-state index is -0.0388. The number of carbonyl (C=O) groups is 1. The van der Waals surface area contributed by atoms with Crippen LogP contribution in [0.5, 0.6) is 5.88 Å². The zero-order valence-corrected chi connectivity index (χ0v) is 14.4. The van der Waals surface area contributed by atoms with Crippen molar-refractivity contribution in [2.24, 2.45) is 0 Å². The average Bonchev–Trinajstić information content (AvgIpc) is 2.72. The zero-order valence-electron chi connectivity index (χ0n) is 14.4. The first-order chi connectivity index (χ1) is 12.8. The molecule has 0 aliphatic carbocycles. The molecule has 3 aromatic rings. The summed E-state index contributed by atoms with van der Waals surface area (Å²) in [6.07, 6.45) is 6.27. The average molecular weight is 348 g/mol. The van der Waals surface area contributed by atoms with Gasteiger partial charge in [0.1, 0.15) is 6.33 Å². The second kappa shape index (κ2) is 7.47. The van der Waals surface area contributed by atoms with Crippen molar-refractivity contribution >= 4 is 16.8 Å². The number of hydrogen-bond acceptors (Lipinski definition) is 5. The molecule has 1 aliphatic heterocycles. The van der Waals surface area contributed by atoms with Gasteiger partial charge in [0.05, 0.1) is 22.6 Å². The van der Waals surface area contributed by atoms with E-state index in [0.29, 0.717) is 5.88 Å². The van der Waals surface area contributed by atoms with Crippen molar-refractivity contribution in [2.75, 3.05) is 13.2 Å². The third-order valence-electron chi connectivity index (χ3n) is 4.69. The van der Waals surface area contributed by atoms with E-state index in [2.05, 4.69) is 15.0 Å². The Morgan fingerprint density at radius 1 is 1.08 bits per heavy atom. The lowest BCUT2D eigenvalue weighted by Crippen LogP contribution is -2.41. The molecule has 1 amide bonds. The van der Waals surface area contributed by atoms with Crippen LogP contribution in [-0.2, 0) is 4.79 Å². The lowest BCUT2D eigenvalue weighted by Gasteiger charge is -2.35.